The van der Waals surface area contributed by atoms with Gasteiger partial charge >= 0.3 is 5.97 Å². The summed E-state index contributed by atoms with van der Waals surface area (Å²) in [5.74, 6) is -0.630. The molecule has 0 aromatic rings. The Kier molecular flexibility index (Phi) is 16.2. The average molecular weight is 623 g/mol. The van der Waals surface area contributed by atoms with Crippen LogP contribution in [0.1, 0.15) is 60.8 Å². The van der Waals surface area contributed by atoms with Crippen molar-refractivity contribution in [2.75, 3.05) is 27.9 Å². The molecule has 2 heterocycles. The Labute approximate surface area is 263 Å². The van der Waals surface area contributed by atoms with Crippen molar-refractivity contribution in [2.24, 2.45) is 5.92 Å². The van der Waals surface area contributed by atoms with E-state index in [4.69, 9.17) is 28.4 Å². The molecule has 0 aliphatic carbocycles. The Hall–Kier alpha value is -2.15. The number of methoxy groups -OCH3 is 3. The van der Waals surface area contributed by atoms with Gasteiger partial charge in [0.1, 0.15) is 24.4 Å². The molecule has 2 aliphatic heterocycles. The third-order valence-corrected chi connectivity index (χ3v) is 7.94. The van der Waals surface area contributed by atoms with E-state index in [1.807, 2.05) is 58.1 Å². The smallest absolute Gasteiger partial charge is 0.334 e. The van der Waals surface area contributed by atoms with Crippen molar-refractivity contribution in [1.82, 2.24) is 0 Å². The van der Waals surface area contributed by atoms with E-state index < -0.39 is 61.1 Å². The van der Waals surface area contributed by atoms with Crippen molar-refractivity contribution in [2.45, 2.75) is 116 Å². The fraction of sp³-hybridized carbons (Fsp3) is 0.676. The summed E-state index contributed by atoms with van der Waals surface area (Å²) in [6, 6.07) is 0. The largest absolute Gasteiger partial charge is 0.456 e. The maximum Gasteiger partial charge on any atom is 0.334 e. The molecule has 3 N–H and O–H groups in total. The molecule has 10 heteroatoms. The van der Waals surface area contributed by atoms with Crippen LogP contribution >= 0.6 is 0 Å². The number of aliphatic hydroxyl groups excluding tert-OH is 3. The number of hydrogen-bond acceptors (Lipinski definition) is 10. The summed E-state index contributed by atoms with van der Waals surface area (Å²) in [7, 11) is 4.53. The fourth-order valence-electron chi connectivity index (χ4n) is 5.54. The van der Waals surface area contributed by atoms with Crippen molar-refractivity contribution in [3.63, 3.8) is 0 Å². The molecule has 0 saturated carbocycles. The lowest BCUT2D eigenvalue weighted by Gasteiger charge is -2.41. The molecule has 1 saturated heterocycles. The summed E-state index contributed by atoms with van der Waals surface area (Å²) in [5, 5.41) is 32.3. The minimum Gasteiger partial charge on any atom is -0.456 e. The van der Waals surface area contributed by atoms with Crippen molar-refractivity contribution in [3.8, 4) is 0 Å². The number of cyclic esters (lactones) is 1. The lowest BCUT2D eigenvalue weighted by molar-refractivity contribution is -0.305. The zero-order chi connectivity index (χ0) is 33.0. The Bertz CT molecular complexity index is 1060. The highest BCUT2D eigenvalue weighted by Crippen LogP contribution is 2.27. The van der Waals surface area contributed by atoms with Gasteiger partial charge in [-0.2, -0.15) is 0 Å². The molecule has 0 amide bonds. The third-order valence-electron chi connectivity index (χ3n) is 7.94. The number of esters is 1. The Balaban J connectivity index is 2.44. The van der Waals surface area contributed by atoms with Gasteiger partial charge in [0.25, 0.3) is 0 Å². The highest BCUT2D eigenvalue weighted by molar-refractivity contribution is 5.88. The minimum absolute atomic E-state index is 0.161. The van der Waals surface area contributed by atoms with Crippen LogP contribution in [0, 0.1) is 5.92 Å². The van der Waals surface area contributed by atoms with Gasteiger partial charge in [0.2, 0.25) is 0 Å². The van der Waals surface area contributed by atoms with Crippen LogP contribution in [0.2, 0.25) is 0 Å². The molecule has 0 aromatic heterocycles. The molecule has 2 aliphatic rings. The number of hydrogen-bond donors (Lipinski definition) is 3. The molecule has 1 fully saturated rings. The van der Waals surface area contributed by atoms with Gasteiger partial charge in [-0.15, -0.1) is 0 Å². The summed E-state index contributed by atoms with van der Waals surface area (Å²) < 4.78 is 34.1. The van der Waals surface area contributed by atoms with Gasteiger partial charge in [-0.05, 0) is 53.5 Å². The Morgan fingerprint density at radius 2 is 1.64 bits per heavy atom. The van der Waals surface area contributed by atoms with E-state index in [-0.39, 0.29) is 18.9 Å². The van der Waals surface area contributed by atoms with E-state index in [0.717, 1.165) is 16.7 Å². The average Bonchev–Trinajstić information content (AvgIpc) is 2.95. The first-order chi connectivity index (χ1) is 20.8. The van der Waals surface area contributed by atoms with Gasteiger partial charge in [0, 0.05) is 39.2 Å². The molecule has 0 radical (unpaired) electrons. The number of rotatable bonds is 6. The van der Waals surface area contributed by atoms with Crippen molar-refractivity contribution in [3.05, 3.63) is 58.7 Å². The zero-order valence-corrected chi connectivity index (χ0v) is 27.8. The highest BCUT2D eigenvalue weighted by Gasteiger charge is 2.44. The fourth-order valence-corrected chi connectivity index (χ4v) is 5.54. The van der Waals surface area contributed by atoms with Gasteiger partial charge in [-0.25, -0.2) is 4.79 Å². The lowest BCUT2D eigenvalue weighted by atomic mass is 9.97. The molecule has 0 aromatic carbocycles. The van der Waals surface area contributed by atoms with Crippen molar-refractivity contribution >= 4 is 5.97 Å². The van der Waals surface area contributed by atoms with Gasteiger partial charge in [-0.3, -0.25) is 0 Å². The molecular weight excluding hydrogens is 568 g/mol. The van der Waals surface area contributed by atoms with Gasteiger partial charge < -0.3 is 43.7 Å². The summed E-state index contributed by atoms with van der Waals surface area (Å²) in [4.78, 5) is 12.9. The Morgan fingerprint density at radius 1 is 0.932 bits per heavy atom. The summed E-state index contributed by atoms with van der Waals surface area (Å²) in [5.41, 5.74) is 3.19. The van der Waals surface area contributed by atoms with Gasteiger partial charge in [0.05, 0.1) is 31.0 Å². The normalized spacial score (nSPS) is 41.0. The molecule has 0 bridgehead atoms. The van der Waals surface area contributed by atoms with Crippen LogP contribution in [-0.4, -0.2) is 104 Å². The maximum absolute atomic E-state index is 12.9. The molecule has 0 spiro atoms. The first kappa shape index (κ1) is 38.0. The number of carbonyl (C=O) groups is 1. The van der Waals surface area contributed by atoms with Crippen LogP contribution in [0.4, 0.5) is 0 Å². The summed E-state index contributed by atoms with van der Waals surface area (Å²) in [6.07, 6.45) is 5.82. The zero-order valence-electron chi connectivity index (χ0n) is 27.8. The summed E-state index contributed by atoms with van der Waals surface area (Å²) >= 11 is 0. The third kappa shape index (κ3) is 11.7. The van der Waals surface area contributed by atoms with Gasteiger partial charge in [-0.1, -0.05) is 54.0 Å². The van der Waals surface area contributed by atoms with Crippen molar-refractivity contribution in [1.29, 1.82) is 0 Å². The van der Waals surface area contributed by atoms with Crippen LogP contribution < -0.4 is 0 Å². The van der Waals surface area contributed by atoms with Crippen LogP contribution in [0.5, 0.6) is 0 Å². The second-order valence-corrected chi connectivity index (χ2v) is 11.9. The van der Waals surface area contributed by atoms with Crippen LogP contribution in [0.25, 0.3) is 0 Å². The molecule has 10 atom stereocenters. The molecule has 2 rings (SSSR count). The van der Waals surface area contributed by atoms with E-state index in [1.165, 1.54) is 21.3 Å². The van der Waals surface area contributed by atoms with Crippen LogP contribution in [0.3, 0.4) is 0 Å². The lowest BCUT2D eigenvalue weighted by Crippen LogP contribution is -2.58. The van der Waals surface area contributed by atoms with E-state index in [0.29, 0.717) is 18.4 Å². The first-order valence-corrected chi connectivity index (χ1v) is 15.3. The molecular formula is C34H54O10. The minimum atomic E-state index is -1.30. The number of carbonyl (C=O) groups excluding carboxylic acids is 1. The monoisotopic (exact) mass is 622 g/mol. The predicted octanol–water partition coefficient (Wildman–Crippen LogP) is 3.95. The first-order valence-electron chi connectivity index (χ1n) is 15.3. The molecule has 44 heavy (non-hydrogen) atoms. The quantitative estimate of drug-likeness (QED) is 0.374. The SMILES string of the molecule is COC[C@@H]1C[C@H](OC)[C@@H](O)CC/C=C(C)/C=C/[C@@H](O[C@@H]2O[C@@H](C)[C@H](OC)[C@@H](O)[C@@H]2O)[C@H](C)/C=C(C)/C=C(C)/C=C(\C)C(=O)O1. The second-order valence-electron chi connectivity index (χ2n) is 11.9. The maximum atomic E-state index is 12.9. The van der Waals surface area contributed by atoms with Crippen LogP contribution in [0.15, 0.2) is 58.7 Å². The number of aliphatic hydroxyl groups is 3. The van der Waals surface area contributed by atoms with E-state index in [1.54, 1.807) is 19.9 Å². The van der Waals surface area contributed by atoms with E-state index in [2.05, 4.69) is 0 Å². The summed E-state index contributed by atoms with van der Waals surface area (Å²) in [6.45, 7) is 11.5. The number of allylic oxidation sites excluding steroid dienone is 7. The standard InChI is InChI=1S/C34H54O10/c1-20-11-10-12-27(35)29(40-8)18-26(19-39-7)43-33(38)24(5)17-22(3)15-21(2)16-23(4)28(14-13-20)44-34-31(37)30(36)32(41-9)25(6)42-34/h11,13-17,23,25-32,34-37H,10,12,18-19H2,1-9H3/b14-13+,20-11+,21-16+,22-15+,24-17+/t23-,25+,26+,27+,28-,29+,30+,31+,32+,34+/m1/s1. The van der Waals surface area contributed by atoms with Gasteiger partial charge in [0.15, 0.2) is 6.29 Å². The van der Waals surface area contributed by atoms with E-state index >= 15 is 0 Å². The molecule has 250 valence electrons. The van der Waals surface area contributed by atoms with E-state index in [9.17, 15) is 20.1 Å². The molecule has 0 unspecified atom stereocenters. The second kappa shape index (κ2) is 18.7. The Morgan fingerprint density at radius 3 is 2.27 bits per heavy atom. The number of ether oxygens (including phenoxy) is 6. The topological polar surface area (TPSA) is 133 Å². The predicted molar refractivity (Wildman–Crippen MR) is 168 cm³/mol. The van der Waals surface area contributed by atoms with Crippen molar-refractivity contribution < 1.29 is 48.5 Å². The van der Waals surface area contributed by atoms with Crippen LogP contribution in [-0.2, 0) is 33.2 Å². The molecule has 10 nitrogen and oxygen atoms in total. The highest BCUT2D eigenvalue weighted by atomic mass is 16.7.